The first-order valence-electron chi connectivity index (χ1n) is 5.91. The van der Waals surface area contributed by atoms with Gasteiger partial charge >= 0.3 is 0 Å². The minimum atomic E-state index is -3.40. The first-order chi connectivity index (χ1) is 8.14. The van der Waals surface area contributed by atoms with Crippen LogP contribution < -0.4 is 0 Å². The molecule has 0 spiro atoms. The predicted octanol–water partition coefficient (Wildman–Crippen LogP) is -0.0914. The molecule has 1 heterocycles. The standard InChI is InChI=1S/C11H18N2O3S/c1-2-5-13(10-11-3-4-11)17(14,15)12-6-8-16-9-7-12/h1,11H,3-10H2. The number of hydrogen-bond donors (Lipinski definition) is 0. The summed E-state index contributed by atoms with van der Waals surface area (Å²) in [5, 5.41) is 0. The lowest BCUT2D eigenvalue weighted by Crippen LogP contribution is -2.49. The van der Waals surface area contributed by atoms with Crippen LogP contribution in [0.25, 0.3) is 0 Å². The topological polar surface area (TPSA) is 49.9 Å². The molecule has 0 unspecified atom stereocenters. The Morgan fingerprint density at radius 1 is 1.35 bits per heavy atom. The molecule has 0 N–H and O–H groups in total. The van der Waals surface area contributed by atoms with Crippen molar-refractivity contribution in [3.8, 4) is 12.3 Å². The van der Waals surface area contributed by atoms with Gasteiger partial charge in [0.1, 0.15) is 0 Å². The highest BCUT2D eigenvalue weighted by molar-refractivity contribution is 7.86. The summed E-state index contributed by atoms with van der Waals surface area (Å²) in [6, 6.07) is 0. The van der Waals surface area contributed by atoms with E-state index in [9.17, 15) is 8.42 Å². The molecule has 0 bridgehead atoms. The Morgan fingerprint density at radius 2 is 2.00 bits per heavy atom. The Hall–Kier alpha value is -0.610. The van der Waals surface area contributed by atoms with E-state index in [-0.39, 0.29) is 6.54 Å². The van der Waals surface area contributed by atoms with Crippen LogP contribution in [0.4, 0.5) is 0 Å². The number of hydrogen-bond acceptors (Lipinski definition) is 3. The van der Waals surface area contributed by atoms with E-state index in [1.165, 1.54) is 8.61 Å². The van der Waals surface area contributed by atoms with Crippen LogP contribution >= 0.6 is 0 Å². The van der Waals surface area contributed by atoms with Gasteiger partial charge in [-0.1, -0.05) is 5.92 Å². The summed E-state index contributed by atoms with van der Waals surface area (Å²) in [6.45, 7) is 2.50. The monoisotopic (exact) mass is 258 g/mol. The van der Waals surface area contributed by atoms with E-state index in [0.717, 1.165) is 12.8 Å². The molecular formula is C11H18N2O3S. The van der Waals surface area contributed by atoms with Gasteiger partial charge in [0.15, 0.2) is 0 Å². The molecule has 96 valence electrons. The van der Waals surface area contributed by atoms with E-state index in [0.29, 0.717) is 38.8 Å². The maximum atomic E-state index is 12.3. The molecule has 17 heavy (non-hydrogen) atoms. The van der Waals surface area contributed by atoms with Crippen LogP contribution in [-0.4, -0.2) is 56.4 Å². The third-order valence-electron chi connectivity index (χ3n) is 3.05. The fourth-order valence-electron chi connectivity index (χ4n) is 1.87. The van der Waals surface area contributed by atoms with Crippen molar-refractivity contribution in [3.63, 3.8) is 0 Å². The van der Waals surface area contributed by atoms with Crippen molar-refractivity contribution in [2.24, 2.45) is 5.92 Å². The zero-order valence-electron chi connectivity index (χ0n) is 9.84. The van der Waals surface area contributed by atoms with Crippen LogP contribution in [0.1, 0.15) is 12.8 Å². The molecule has 2 aliphatic rings. The summed E-state index contributed by atoms with van der Waals surface area (Å²) in [5.41, 5.74) is 0. The number of morpholine rings is 1. The third kappa shape index (κ3) is 3.19. The second kappa shape index (κ2) is 5.36. The second-order valence-corrected chi connectivity index (χ2v) is 6.39. The van der Waals surface area contributed by atoms with Gasteiger partial charge in [-0.25, -0.2) is 0 Å². The molecule has 2 rings (SSSR count). The van der Waals surface area contributed by atoms with Crippen LogP contribution in [0.15, 0.2) is 0 Å². The van der Waals surface area contributed by atoms with Crippen molar-refractivity contribution < 1.29 is 13.2 Å². The van der Waals surface area contributed by atoms with E-state index < -0.39 is 10.2 Å². The minimum absolute atomic E-state index is 0.163. The molecule has 0 aromatic carbocycles. The molecule has 1 aliphatic heterocycles. The van der Waals surface area contributed by atoms with Gasteiger partial charge in [0, 0.05) is 19.6 Å². The van der Waals surface area contributed by atoms with Crippen molar-refractivity contribution in [1.82, 2.24) is 8.61 Å². The smallest absolute Gasteiger partial charge is 0.283 e. The molecule has 0 radical (unpaired) electrons. The van der Waals surface area contributed by atoms with Gasteiger partial charge in [-0.05, 0) is 18.8 Å². The predicted molar refractivity (Wildman–Crippen MR) is 64.4 cm³/mol. The van der Waals surface area contributed by atoms with Crippen LogP contribution in [0.3, 0.4) is 0 Å². The first-order valence-corrected chi connectivity index (χ1v) is 7.30. The molecule has 1 aliphatic carbocycles. The summed E-state index contributed by atoms with van der Waals surface area (Å²) in [5.74, 6) is 2.93. The zero-order chi connectivity index (χ0) is 12.3. The van der Waals surface area contributed by atoms with Gasteiger partial charge in [0.2, 0.25) is 0 Å². The molecule has 0 amide bonds. The van der Waals surface area contributed by atoms with Crippen molar-refractivity contribution in [2.45, 2.75) is 12.8 Å². The molecule has 1 saturated carbocycles. The highest BCUT2D eigenvalue weighted by Crippen LogP contribution is 2.30. The lowest BCUT2D eigenvalue weighted by molar-refractivity contribution is 0.0703. The molecule has 6 heteroatoms. The van der Waals surface area contributed by atoms with Crippen molar-refractivity contribution in [2.75, 3.05) is 39.4 Å². The number of nitrogens with zero attached hydrogens (tertiary/aromatic N) is 2. The van der Waals surface area contributed by atoms with Gasteiger partial charge in [-0.15, -0.1) is 6.42 Å². The normalized spacial score (nSPS) is 22.6. The van der Waals surface area contributed by atoms with Crippen molar-refractivity contribution >= 4 is 10.2 Å². The Morgan fingerprint density at radius 3 is 2.53 bits per heavy atom. The van der Waals surface area contributed by atoms with E-state index >= 15 is 0 Å². The van der Waals surface area contributed by atoms with E-state index in [2.05, 4.69) is 5.92 Å². The minimum Gasteiger partial charge on any atom is -0.379 e. The molecular weight excluding hydrogens is 240 g/mol. The van der Waals surface area contributed by atoms with Crippen LogP contribution in [0, 0.1) is 18.3 Å². The van der Waals surface area contributed by atoms with Crippen LogP contribution in [0.5, 0.6) is 0 Å². The molecule has 0 atom stereocenters. The number of terminal acetylenes is 1. The van der Waals surface area contributed by atoms with Gasteiger partial charge in [-0.2, -0.15) is 17.0 Å². The van der Waals surface area contributed by atoms with E-state index in [4.69, 9.17) is 11.2 Å². The lowest BCUT2D eigenvalue weighted by Gasteiger charge is -2.31. The molecule has 1 saturated heterocycles. The summed E-state index contributed by atoms with van der Waals surface area (Å²) >= 11 is 0. The second-order valence-electron chi connectivity index (χ2n) is 4.46. The summed E-state index contributed by atoms with van der Waals surface area (Å²) in [4.78, 5) is 0. The zero-order valence-corrected chi connectivity index (χ0v) is 10.7. The highest BCUT2D eigenvalue weighted by Gasteiger charge is 2.34. The molecule has 5 nitrogen and oxygen atoms in total. The summed E-state index contributed by atoms with van der Waals surface area (Å²) in [6.07, 6.45) is 7.47. The quantitative estimate of drug-likeness (QED) is 0.648. The average molecular weight is 258 g/mol. The highest BCUT2D eigenvalue weighted by atomic mass is 32.2. The van der Waals surface area contributed by atoms with E-state index in [1.807, 2.05) is 0 Å². The largest absolute Gasteiger partial charge is 0.379 e. The number of rotatable bonds is 5. The van der Waals surface area contributed by atoms with Crippen molar-refractivity contribution in [1.29, 1.82) is 0 Å². The summed E-state index contributed by atoms with van der Waals surface area (Å²) in [7, 11) is -3.40. The van der Waals surface area contributed by atoms with Crippen LogP contribution in [0.2, 0.25) is 0 Å². The Bertz CT molecular complexity index is 391. The SMILES string of the molecule is C#CCN(CC1CC1)S(=O)(=O)N1CCOCC1. The lowest BCUT2D eigenvalue weighted by atomic mass is 10.4. The molecule has 2 fully saturated rings. The van der Waals surface area contributed by atoms with Gasteiger partial charge in [0.25, 0.3) is 10.2 Å². The van der Waals surface area contributed by atoms with Crippen molar-refractivity contribution in [3.05, 3.63) is 0 Å². The van der Waals surface area contributed by atoms with Gasteiger partial charge in [-0.3, -0.25) is 0 Å². The fraction of sp³-hybridized carbons (Fsp3) is 0.818. The van der Waals surface area contributed by atoms with Gasteiger partial charge in [0.05, 0.1) is 19.8 Å². The Labute approximate surface area is 103 Å². The maximum Gasteiger partial charge on any atom is 0.283 e. The van der Waals surface area contributed by atoms with Crippen LogP contribution in [-0.2, 0) is 14.9 Å². The number of ether oxygens (including phenoxy) is 1. The summed E-state index contributed by atoms with van der Waals surface area (Å²) < 4.78 is 32.7. The third-order valence-corrected chi connectivity index (χ3v) is 5.00. The molecule has 0 aromatic heterocycles. The fourth-order valence-corrected chi connectivity index (χ4v) is 3.45. The average Bonchev–Trinajstić information content (AvgIpc) is 3.14. The maximum absolute atomic E-state index is 12.3. The van der Waals surface area contributed by atoms with E-state index in [1.54, 1.807) is 0 Å². The first kappa shape index (κ1) is 12.8. The Balaban J connectivity index is 2.05. The Kier molecular flexibility index (Phi) is 4.05. The van der Waals surface area contributed by atoms with Gasteiger partial charge < -0.3 is 4.74 Å². The molecule has 0 aromatic rings.